The van der Waals surface area contributed by atoms with E-state index in [0.717, 1.165) is 0 Å². The second-order valence-corrected chi connectivity index (χ2v) is 5.41. The van der Waals surface area contributed by atoms with Crippen LogP contribution in [-0.2, 0) is 9.59 Å². The van der Waals surface area contributed by atoms with Crippen LogP contribution in [0.15, 0.2) is 24.3 Å². The van der Waals surface area contributed by atoms with Crippen LogP contribution in [0.25, 0.3) is 6.08 Å². The third-order valence-electron chi connectivity index (χ3n) is 3.47. The Kier molecular flexibility index (Phi) is 4.85. The summed E-state index contributed by atoms with van der Waals surface area (Å²) >= 11 is 5.97. The number of hydrogen-bond acceptors (Lipinski definition) is 3. The lowest BCUT2D eigenvalue weighted by atomic mass is 9.98. The number of carbonyl (C=O) groups excluding carboxylic acids is 1. The molecule has 0 bridgehead atoms. The lowest BCUT2D eigenvalue weighted by molar-refractivity contribution is -0.144. The SMILES string of the molecule is O=C(O)C1CCCN(C(=O)/C=C/c2cc(O)ccc2Cl)C1. The van der Waals surface area contributed by atoms with Crippen molar-refractivity contribution in [1.82, 2.24) is 4.90 Å². The first kappa shape index (κ1) is 15.4. The number of aromatic hydroxyl groups is 1. The number of carboxylic acids is 1. The number of halogens is 1. The highest BCUT2D eigenvalue weighted by atomic mass is 35.5. The number of rotatable bonds is 3. The Morgan fingerprint density at radius 1 is 1.38 bits per heavy atom. The van der Waals surface area contributed by atoms with Crippen molar-refractivity contribution in [3.05, 3.63) is 34.9 Å². The van der Waals surface area contributed by atoms with Gasteiger partial charge in [-0.15, -0.1) is 0 Å². The minimum Gasteiger partial charge on any atom is -0.508 e. The number of carboxylic acid groups (broad SMARTS) is 1. The number of phenols is 1. The molecule has 1 heterocycles. The van der Waals surface area contributed by atoms with E-state index in [4.69, 9.17) is 16.7 Å². The second kappa shape index (κ2) is 6.63. The minimum absolute atomic E-state index is 0.0652. The van der Waals surface area contributed by atoms with Gasteiger partial charge in [0.1, 0.15) is 5.75 Å². The van der Waals surface area contributed by atoms with Crippen LogP contribution < -0.4 is 0 Å². The van der Waals surface area contributed by atoms with Crippen LogP contribution in [0.4, 0.5) is 0 Å². The first-order valence-corrected chi connectivity index (χ1v) is 7.03. The van der Waals surface area contributed by atoms with Gasteiger partial charge in [-0.05, 0) is 42.7 Å². The maximum absolute atomic E-state index is 12.1. The van der Waals surface area contributed by atoms with Crippen molar-refractivity contribution in [1.29, 1.82) is 0 Å². The van der Waals surface area contributed by atoms with Crippen molar-refractivity contribution in [3.8, 4) is 5.75 Å². The third kappa shape index (κ3) is 3.98. The zero-order chi connectivity index (χ0) is 15.4. The lowest BCUT2D eigenvalue weighted by Crippen LogP contribution is -2.41. The highest BCUT2D eigenvalue weighted by Gasteiger charge is 2.27. The molecule has 5 nitrogen and oxygen atoms in total. The van der Waals surface area contributed by atoms with Crippen molar-refractivity contribution >= 4 is 29.6 Å². The molecular weight excluding hydrogens is 294 g/mol. The summed E-state index contributed by atoms with van der Waals surface area (Å²) in [6, 6.07) is 4.47. The van der Waals surface area contributed by atoms with Crippen molar-refractivity contribution in [2.75, 3.05) is 13.1 Å². The Morgan fingerprint density at radius 2 is 2.14 bits per heavy atom. The molecule has 112 valence electrons. The van der Waals surface area contributed by atoms with Gasteiger partial charge in [-0.2, -0.15) is 0 Å². The first-order valence-electron chi connectivity index (χ1n) is 6.65. The number of benzene rings is 1. The average molecular weight is 310 g/mol. The van der Waals surface area contributed by atoms with E-state index in [0.29, 0.717) is 30.0 Å². The molecule has 1 saturated heterocycles. The lowest BCUT2D eigenvalue weighted by Gasteiger charge is -2.29. The fraction of sp³-hybridized carbons (Fsp3) is 0.333. The van der Waals surface area contributed by atoms with Gasteiger partial charge in [0.2, 0.25) is 5.91 Å². The number of aliphatic carboxylic acids is 1. The van der Waals surface area contributed by atoms with Gasteiger partial charge in [-0.1, -0.05) is 11.6 Å². The van der Waals surface area contributed by atoms with E-state index in [1.807, 2.05) is 0 Å². The van der Waals surface area contributed by atoms with E-state index >= 15 is 0 Å². The minimum atomic E-state index is -0.868. The quantitative estimate of drug-likeness (QED) is 0.840. The maximum atomic E-state index is 12.1. The molecule has 0 saturated carbocycles. The summed E-state index contributed by atoms with van der Waals surface area (Å²) in [5.41, 5.74) is 0.539. The Bertz CT molecular complexity index is 585. The zero-order valence-corrected chi connectivity index (χ0v) is 12.1. The molecule has 0 radical (unpaired) electrons. The van der Waals surface area contributed by atoms with Crippen LogP contribution in [0.3, 0.4) is 0 Å². The number of piperidine rings is 1. The molecule has 1 unspecified atom stereocenters. The Morgan fingerprint density at radius 3 is 2.86 bits per heavy atom. The maximum Gasteiger partial charge on any atom is 0.308 e. The predicted octanol–water partition coefficient (Wildman–Crippen LogP) is 2.38. The van der Waals surface area contributed by atoms with Crippen molar-refractivity contribution in [3.63, 3.8) is 0 Å². The molecule has 0 aromatic heterocycles. The first-order chi connectivity index (χ1) is 9.97. The molecule has 1 fully saturated rings. The van der Waals surface area contributed by atoms with Gasteiger partial charge in [0.05, 0.1) is 5.92 Å². The highest BCUT2D eigenvalue weighted by Crippen LogP contribution is 2.23. The van der Waals surface area contributed by atoms with Crippen molar-refractivity contribution in [2.24, 2.45) is 5.92 Å². The van der Waals surface area contributed by atoms with E-state index in [1.165, 1.54) is 29.2 Å². The standard InChI is InChI=1S/C15H16ClNO4/c16-13-5-4-12(18)8-10(13)3-6-14(19)17-7-1-2-11(9-17)15(20)21/h3-6,8,11,18H,1-2,7,9H2,(H,20,21)/b6-3+. The molecule has 1 aliphatic heterocycles. The molecule has 6 heteroatoms. The van der Waals surface area contributed by atoms with Crippen LogP contribution in [0.1, 0.15) is 18.4 Å². The van der Waals surface area contributed by atoms with Gasteiger partial charge in [0.15, 0.2) is 0 Å². The fourth-order valence-electron chi connectivity index (χ4n) is 2.30. The van der Waals surface area contributed by atoms with Gasteiger partial charge in [-0.25, -0.2) is 0 Å². The molecule has 1 amide bonds. The zero-order valence-electron chi connectivity index (χ0n) is 11.3. The van der Waals surface area contributed by atoms with Gasteiger partial charge in [0.25, 0.3) is 0 Å². The van der Waals surface area contributed by atoms with E-state index in [2.05, 4.69) is 0 Å². The summed E-state index contributed by atoms with van der Waals surface area (Å²) in [5.74, 6) is -1.55. The van der Waals surface area contributed by atoms with E-state index in [-0.39, 0.29) is 18.2 Å². The number of carbonyl (C=O) groups is 2. The number of amides is 1. The Balaban J connectivity index is 2.05. The smallest absolute Gasteiger partial charge is 0.308 e. The summed E-state index contributed by atoms with van der Waals surface area (Å²) in [5, 5.41) is 18.8. The largest absolute Gasteiger partial charge is 0.508 e. The van der Waals surface area contributed by atoms with Crippen molar-refractivity contribution < 1.29 is 19.8 Å². The van der Waals surface area contributed by atoms with E-state index < -0.39 is 11.9 Å². The molecule has 1 aromatic carbocycles. The van der Waals surface area contributed by atoms with Gasteiger partial charge < -0.3 is 15.1 Å². The van der Waals surface area contributed by atoms with Crippen LogP contribution in [0.5, 0.6) is 5.75 Å². The molecule has 1 atom stereocenters. The summed E-state index contributed by atoms with van der Waals surface area (Å²) in [6.45, 7) is 0.785. The van der Waals surface area contributed by atoms with E-state index in [1.54, 1.807) is 6.07 Å². The predicted molar refractivity (Wildman–Crippen MR) is 79.1 cm³/mol. The number of nitrogens with zero attached hydrogens (tertiary/aromatic N) is 1. The third-order valence-corrected chi connectivity index (χ3v) is 3.81. The molecular formula is C15H16ClNO4. The Labute approximate surface area is 127 Å². The molecule has 0 aliphatic carbocycles. The van der Waals surface area contributed by atoms with Crippen LogP contribution in [0.2, 0.25) is 5.02 Å². The van der Waals surface area contributed by atoms with Crippen LogP contribution in [0, 0.1) is 5.92 Å². The summed E-state index contributed by atoms with van der Waals surface area (Å²) in [4.78, 5) is 24.6. The normalized spacial score (nSPS) is 18.9. The molecule has 0 spiro atoms. The number of hydrogen-bond donors (Lipinski definition) is 2. The topological polar surface area (TPSA) is 77.8 Å². The second-order valence-electron chi connectivity index (χ2n) is 5.00. The number of likely N-dealkylation sites (tertiary alicyclic amines) is 1. The summed E-state index contributed by atoms with van der Waals surface area (Å²) < 4.78 is 0. The summed E-state index contributed by atoms with van der Waals surface area (Å²) in [6.07, 6.45) is 4.16. The number of phenolic OH excluding ortho intramolecular Hbond substituents is 1. The Hall–Kier alpha value is -2.01. The van der Waals surface area contributed by atoms with Gasteiger partial charge in [0, 0.05) is 24.2 Å². The van der Waals surface area contributed by atoms with Crippen LogP contribution in [-0.4, -0.2) is 40.1 Å². The average Bonchev–Trinajstić information content (AvgIpc) is 2.48. The van der Waals surface area contributed by atoms with E-state index in [9.17, 15) is 14.7 Å². The van der Waals surface area contributed by atoms with Gasteiger partial charge >= 0.3 is 5.97 Å². The summed E-state index contributed by atoms with van der Waals surface area (Å²) in [7, 11) is 0. The molecule has 1 aromatic rings. The fourth-order valence-corrected chi connectivity index (χ4v) is 2.48. The molecule has 1 aliphatic rings. The van der Waals surface area contributed by atoms with Crippen molar-refractivity contribution in [2.45, 2.75) is 12.8 Å². The highest BCUT2D eigenvalue weighted by molar-refractivity contribution is 6.32. The molecule has 2 N–H and O–H groups in total. The molecule has 21 heavy (non-hydrogen) atoms. The van der Waals surface area contributed by atoms with Crippen LogP contribution >= 0.6 is 11.6 Å². The molecule has 2 rings (SSSR count). The van der Waals surface area contributed by atoms with Gasteiger partial charge in [-0.3, -0.25) is 9.59 Å². The monoisotopic (exact) mass is 309 g/mol.